The third-order valence-electron chi connectivity index (χ3n) is 6.76. The van der Waals surface area contributed by atoms with Crippen LogP contribution in [0, 0.1) is 11.6 Å². The first kappa shape index (κ1) is 20.6. The van der Waals surface area contributed by atoms with E-state index in [9.17, 15) is 13.6 Å². The quantitative estimate of drug-likeness (QED) is 0.664. The number of nitrogens with one attached hydrogen (secondary N) is 1. The van der Waals surface area contributed by atoms with Gasteiger partial charge in [-0.05, 0) is 43.7 Å². The normalized spacial score (nSPS) is 18.7. The van der Waals surface area contributed by atoms with Gasteiger partial charge in [0, 0.05) is 42.2 Å². The average Bonchev–Trinajstić information content (AvgIpc) is 3.41. The number of carbonyl (C=O) groups excluding carboxylic acids is 1. The maximum absolute atomic E-state index is 14.4. The van der Waals surface area contributed by atoms with E-state index >= 15 is 0 Å². The fraction of sp³-hybridized carbons (Fsp3) is 0.333. The number of amides is 2. The Morgan fingerprint density at radius 2 is 1.81 bits per heavy atom. The zero-order valence-corrected chi connectivity index (χ0v) is 17.9. The van der Waals surface area contributed by atoms with Crippen LogP contribution in [0.15, 0.2) is 54.9 Å². The molecule has 1 aromatic heterocycles. The van der Waals surface area contributed by atoms with Gasteiger partial charge in [0.25, 0.3) is 0 Å². The number of urea groups is 1. The Morgan fingerprint density at radius 1 is 1.06 bits per heavy atom. The Balaban J connectivity index is 1.45. The highest BCUT2D eigenvalue weighted by Gasteiger charge is 2.51. The zero-order chi connectivity index (χ0) is 22.3. The van der Waals surface area contributed by atoms with Gasteiger partial charge >= 0.3 is 6.03 Å². The summed E-state index contributed by atoms with van der Waals surface area (Å²) >= 11 is 0. The van der Waals surface area contributed by atoms with Crippen LogP contribution < -0.4 is 4.90 Å². The van der Waals surface area contributed by atoms with E-state index in [1.54, 1.807) is 16.0 Å². The third-order valence-corrected chi connectivity index (χ3v) is 6.76. The molecule has 2 aromatic carbocycles. The maximum atomic E-state index is 14.4. The summed E-state index contributed by atoms with van der Waals surface area (Å²) in [6.45, 7) is 2.40. The summed E-state index contributed by atoms with van der Waals surface area (Å²) in [6.07, 6.45) is 5.19. The summed E-state index contributed by atoms with van der Waals surface area (Å²) < 4.78 is 27.8. The first-order valence-electron chi connectivity index (χ1n) is 10.8. The number of aromatic amines is 1. The summed E-state index contributed by atoms with van der Waals surface area (Å²) in [5, 5.41) is 6.79. The topological polar surface area (TPSA) is 55.5 Å². The van der Waals surface area contributed by atoms with Crippen LogP contribution in [0.1, 0.15) is 18.4 Å². The van der Waals surface area contributed by atoms with E-state index in [1.165, 1.54) is 12.1 Å². The van der Waals surface area contributed by atoms with Crippen molar-refractivity contribution in [1.29, 1.82) is 0 Å². The number of likely N-dealkylation sites (tertiary alicyclic amines) is 1. The first-order valence-corrected chi connectivity index (χ1v) is 10.8. The lowest BCUT2D eigenvalue weighted by atomic mass is 9.86. The van der Waals surface area contributed by atoms with Gasteiger partial charge in [-0.15, -0.1) is 0 Å². The third kappa shape index (κ3) is 3.64. The van der Waals surface area contributed by atoms with E-state index in [0.717, 1.165) is 48.8 Å². The molecule has 2 aliphatic heterocycles. The SMILES string of the molecule is CN1CCC2(CC1)CN(c1ccc(-c3cn[nH]c3)cc1)C(=O)N2Cc1ccc(F)cc1F. The number of halogens is 2. The van der Waals surface area contributed by atoms with Gasteiger partial charge in [-0.1, -0.05) is 18.2 Å². The Kier molecular flexibility index (Phi) is 5.17. The second-order valence-electron chi connectivity index (χ2n) is 8.75. The molecule has 8 heteroatoms. The lowest BCUT2D eigenvalue weighted by Crippen LogP contribution is -2.53. The molecule has 2 aliphatic rings. The molecule has 166 valence electrons. The number of piperidine rings is 1. The van der Waals surface area contributed by atoms with Crippen molar-refractivity contribution < 1.29 is 13.6 Å². The predicted octanol–water partition coefficient (Wildman–Crippen LogP) is 4.26. The molecule has 2 amide bonds. The maximum Gasteiger partial charge on any atom is 0.325 e. The summed E-state index contributed by atoms with van der Waals surface area (Å²) in [7, 11) is 2.07. The van der Waals surface area contributed by atoms with Gasteiger partial charge in [0.1, 0.15) is 11.6 Å². The Bertz CT molecular complexity index is 1110. The average molecular weight is 437 g/mol. The number of benzene rings is 2. The molecule has 0 radical (unpaired) electrons. The highest BCUT2D eigenvalue weighted by Crippen LogP contribution is 2.39. The number of hydrogen-bond acceptors (Lipinski definition) is 3. The summed E-state index contributed by atoms with van der Waals surface area (Å²) in [6, 6.07) is 11.2. The molecule has 0 saturated carbocycles. The van der Waals surface area contributed by atoms with Crippen molar-refractivity contribution >= 4 is 11.7 Å². The van der Waals surface area contributed by atoms with Crippen LogP contribution in [-0.2, 0) is 6.54 Å². The molecule has 0 atom stereocenters. The predicted molar refractivity (Wildman–Crippen MR) is 118 cm³/mol. The number of nitrogens with zero attached hydrogens (tertiary/aromatic N) is 4. The smallest absolute Gasteiger partial charge is 0.312 e. The molecule has 32 heavy (non-hydrogen) atoms. The molecular weight excluding hydrogens is 412 g/mol. The van der Waals surface area contributed by atoms with E-state index in [1.807, 2.05) is 30.5 Å². The standard InChI is InChI=1S/C24H25F2N5O/c1-29-10-8-24(9-11-29)16-30(21-6-3-17(4-7-21)19-13-27-28-14-19)23(32)31(24)15-18-2-5-20(25)12-22(18)26/h2-7,12-14H,8-11,15-16H2,1H3,(H,27,28). The van der Waals surface area contributed by atoms with Crippen molar-refractivity contribution in [2.45, 2.75) is 24.9 Å². The van der Waals surface area contributed by atoms with Crippen molar-refractivity contribution in [2.75, 3.05) is 31.6 Å². The monoisotopic (exact) mass is 437 g/mol. The van der Waals surface area contributed by atoms with Gasteiger partial charge < -0.3 is 9.80 Å². The number of H-pyrrole nitrogens is 1. The van der Waals surface area contributed by atoms with Crippen molar-refractivity contribution in [3.05, 3.63) is 72.1 Å². The molecule has 1 spiro atoms. The van der Waals surface area contributed by atoms with Crippen LogP contribution in [0.5, 0.6) is 0 Å². The molecular formula is C24H25F2N5O. The fourth-order valence-electron chi connectivity index (χ4n) is 4.76. The Hall–Kier alpha value is -3.26. The molecule has 0 aliphatic carbocycles. The van der Waals surface area contributed by atoms with E-state index in [-0.39, 0.29) is 18.1 Å². The summed E-state index contributed by atoms with van der Waals surface area (Å²) in [5.41, 5.74) is 2.74. The Labute approximate surface area is 185 Å². The van der Waals surface area contributed by atoms with Crippen LogP contribution >= 0.6 is 0 Å². The number of rotatable bonds is 4. The van der Waals surface area contributed by atoms with Gasteiger partial charge in [0.15, 0.2) is 0 Å². The molecule has 0 unspecified atom stereocenters. The van der Waals surface area contributed by atoms with Gasteiger partial charge in [0.05, 0.1) is 24.8 Å². The summed E-state index contributed by atoms with van der Waals surface area (Å²) in [4.78, 5) is 19.4. The van der Waals surface area contributed by atoms with Crippen LogP contribution in [0.4, 0.5) is 19.3 Å². The molecule has 2 saturated heterocycles. The van der Waals surface area contributed by atoms with Crippen LogP contribution in [0.3, 0.4) is 0 Å². The van der Waals surface area contributed by atoms with Gasteiger partial charge in [-0.3, -0.25) is 10.00 Å². The minimum absolute atomic E-state index is 0.123. The van der Waals surface area contributed by atoms with Crippen molar-refractivity contribution in [1.82, 2.24) is 20.0 Å². The fourth-order valence-corrected chi connectivity index (χ4v) is 4.76. The number of aromatic nitrogens is 2. The second-order valence-corrected chi connectivity index (χ2v) is 8.75. The van der Waals surface area contributed by atoms with E-state index in [4.69, 9.17) is 0 Å². The molecule has 3 heterocycles. The van der Waals surface area contributed by atoms with Crippen molar-refractivity contribution in [3.63, 3.8) is 0 Å². The Morgan fingerprint density at radius 3 is 2.47 bits per heavy atom. The molecule has 2 fully saturated rings. The van der Waals surface area contributed by atoms with E-state index in [0.29, 0.717) is 12.1 Å². The van der Waals surface area contributed by atoms with Gasteiger partial charge in [-0.2, -0.15) is 5.10 Å². The number of anilines is 1. The zero-order valence-electron chi connectivity index (χ0n) is 17.9. The lowest BCUT2D eigenvalue weighted by Gasteiger charge is -2.42. The molecule has 5 rings (SSSR count). The number of hydrogen-bond donors (Lipinski definition) is 1. The van der Waals surface area contributed by atoms with Crippen molar-refractivity contribution in [2.24, 2.45) is 0 Å². The number of carbonyl (C=O) groups is 1. The van der Waals surface area contributed by atoms with Crippen LogP contribution in [0.2, 0.25) is 0 Å². The molecule has 6 nitrogen and oxygen atoms in total. The van der Waals surface area contributed by atoms with Crippen molar-refractivity contribution in [3.8, 4) is 11.1 Å². The second kappa shape index (κ2) is 8.02. The molecule has 3 aromatic rings. The largest absolute Gasteiger partial charge is 0.325 e. The lowest BCUT2D eigenvalue weighted by molar-refractivity contribution is 0.0818. The first-order chi connectivity index (χ1) is 15.4. The van der Waals surface area contributed by atoms with E-state index in [2.05, 4.69) is 22.1 Å². The van der Waals surface area contributed by atoms with Crippen LogP contribution in [-0.4, -0.2) is 58.2 Å². The highest BCUT2D eigenvalue weighted by atomic mass is 19.1. The van der Waals surface area contributed by atoms with Crippen LogP contribution in [0.25, 0.3) is 11.1 Å². The molecule has 1 N–H and O–H groups in total. The molecule has 0 bridgehead atoms. The minimum Gasteiger partial charge on any atom is -0.312 e. The highest BCUT2D eigenvalue weighted by molar-refractivity contribution is 5.95. The van der Waals surface area contributed by atoms with Gasteiger partial charge in [0.2, 0.25) is 0 Å². The van der Waals surface area contributed by atoms with Gasteiger partial charge in [-0.25, -0.2) is 13.6 Å². The van der Waals surface area contributed by atoms with E-state index < -0.39 is 11.6 Å². The summed E-state index contributed by atoms with van der Waals surface area (Å²) in [5.74, 6) is -1.24. The minimum atomic E-state index is -0.621.